The lowest BCUT2D eigenvalue weighted by molar-refractivity contribution is -0.659. The first-order valence-corrected chi connectivity index (χ1v) is 9.76. The fourth-order valence-corrected chi connectivity index (χ4v) is 5.14. The first kappa shape index (κ1) is 15.7. The summed E-state index contributed by atoms with van der Waals surface area (Å²) in [5, 5.41) is 4.88. The lowest BCUT2D eigenvalue weighted by atomic mass is 9.82. The molecule has 2 aliphatic rings. The molecular weight excluding hydrogens is 344 g/mol. The molecule has 0 saturated carbocycles. The Balaban J connectivity index is 1.85. The number of ether oxygens (including phenoxy) is 1. The summed E-state index contributed by atoms with van der Waals surface area (Å²) in [6.45, 7) is 9.69. The summed E-state index contributed by atoms with van der Waals surface area (Å²) < 4.78 is 8.79. The zero-order valence-corrected chi connectivity index (χ0v) is 16.0. The third-order valence-corrected chi connectivity index (χ3v) is 6.37. The van der Waals surface area contributed by atoms with Gasteiger partial charge >= 0.3 is 0 Å². The number of nitrogens with zero attached hydrogens (tertiary/aromatic N) is 2. The van der Waals surface area contributed by atoms with Crippen LogP contribution in [0.2, 0.25) is 0 Å². The maximum absolute atomic E-state index is 7.47. The van der Waals surface area contributed by atoms with Crippen molar-refractivity contribution in [2.45, 2.75) is 26.2 Å². The van der Waals surface area contributed by atoms with Crippen LogP contribution in [0.4, 0.5) is 5.69 Å². The van der Waals surface area contributed by atoms with Crippen molar-refractivity contribution in [3.63, 3.8) is 0 Å². The number of hydrogen-bond acceptors (Lipinski definition) is 1. The van der Waals surface area contributed by atoms with Crippen LogP contribution in [-0.2, 0) is 19.9 Å². The molecule has 3 nitrogen and oxygen atoms in total. The van der Waals surface area contributed by atoms with Gasteiger partial charge in [0.25, 0.3) is 0 Å². The Kier molecular flexibility index (Phi) is 2.98. The fourth-order valence-electron chi connectivity index (χ4n) is 5.14. The highest BCUT2D eigenvalue weighted by Gasteiger charge is 2.33. The molecule has 3 aromatic carbocycles. The Morgan fingerprint density at radius 2 is 2.00 bits per heavy atom. The Morgan fingerprint density at radius 3 is 2.86 bits per heavy atom. The second-order valence-corrected chi connectivity index (χ2v) is 7.90. The fraction of sp³-hybridized carbons (Fsp3) is 0.200. The summed E-state index contributed by atoms with van der Waals surface area (Å²) in [7, 11) is 2.10. The molecule has 0 amide bonds. The molecule has 4 aromatic rings. The van der Waals surface area contributed by atoms with Crippen LogP contribution in [0.5, 0.6) is 11.5 Å². The van der Waals surface area contributed by atoms with Crippen molar-refractivity contribution in [3.05, 3.63) is 70.7 Å². The Labute approximate surface area is 163 Å². The highest BCUT2D eigenvalue weighted by atomic mass is 16.5. The first-order chi connectivity index (χ1) is 13.7. The molecule has 0 bridgehead atoms. The van der Waals surface area contributed by atoms with E-state index in [1.54, 1.807) is 0 Å². The lowest BCUT2D eigenvalue weighted by Gasteiger charge is -2.28. The van der Waals surface area contributed by atoms with Gasteiger partial charge in [-0.15, -0.1) is 0 Å². The van der Waals surface area contributed by atoms with Crippen LogP contribution in [-0.4, -0.2) is 0 Å². The standard InChI is InChI=1S/C25H19N2O/c1-14-18-8-4-6-15-7-5-9-19(22(15)18)25-21(14)24-23-16(10-11-27(24)3)12-17(26-2)13-20(23)28-25/h4,6,8,10-13H,5,7,9H2,1,3H3/q+1. The molecule has 0 spiro atoms. The average Bonchev–Trinajstić information content (AvgIpc) is 2.73. The molecular formula is C25H19N2O+. The number of benzene rings is 3. The van der Waals surface area contributed by atoms with E-state index in [4.69, 9.17) is 11.3 Å². The van der Waals surface area contributed by atoms with E-state index in [1.165, 1.54) is 38.7 Å². The normalized spacial score (nSPS) is 13.9. The molecule has 1 aliphatic carbocycles. The minimum Gasteiger partial charge on any atom is -0.457 e. The van der Waals surface area contributed by atoms with Crippen molar-refractivity contribution in [1.82, 2.24) is 0 Å². The van der Waals surface area contributed by atoms with Gasteiger partial charge in [-0.2, -0.15) is 0 Å². The number of fused-ring (bicyclic) bond motifs is 3. The van der Waals surface area contributed by atoms with Gasteiger partial charge < -0.3 is 4.74 Å². The van der Waals surface area contributed by atoms with Crippen molar-refractivity contribution in [2.75, 3.05) is 0 Å². The maximum Gasteiger partial charge on any atom is 0.227 e. The van der Waals surface area contributed by atoms with E-state index >= 15 is 0 Å². The lowest BCUT2D eigenvalue weighted by Crippen LogP contribution is -2.32. The summed E-state index contributed by atoms with van der Waals surface area (Å²) in [5.74, 6) is 1.80. The van der Waals surface area contributed by atoms with E-state index in [2.05, 4.69) is 53.8 Å². The molecule has 2 heterocycles. The van der Waals surface area contributed by atoms with Crippen molar-refractivity contribution >= 4 is 27.2 Å². The van der Waals surface area contributed by atoms with Crippen molar-refractivity contribution in [1.29, 1.82) is 0 Å². The molecule has 0 saturated heterocycles. The SMILES string of the molecule is [C-]#[N+]c1cc2c3c([n+](C)ccc3c1)-c1c(c3c4c(cccc4c1C)CCC3)O2. The summed E-state index contributed by atoms with van der Waals surface area (Å²) in [6, 6.07) is 12.6. The molecule has 3 heteroatoms. The predicted molar refractivity (Wildman–Crippen MR) is 111 cm³/mol. The van der Waals surface area contributed by atoms with Gasteiger partial charge in [0, 0.05) is 11.6 Å². The van der Waals surface area contributed by atoms with Crippen molar-refractivity contribution < 1.29 is 9.30 Å². The topological polar surface area (TPSA) is 17.5 Å². The number of rotatable bonds is 0. The molecule has 134 valence electrons. The van der Waals surface area contributed by atoms with E-state index in [1.807, 2.05) is 12.1 Å². The summed E-state index contributed by atoms with van der Waals surface area (Å²) in [4.78, 5) is 3.66. The van der Waals surface area contributed by atoms with Gasteiger partial charge in [-0.1, -0.05) is 18.2 Å². The van der Waals surface area contributed by atoms with E-state index < -0.39 is 0 Å². The first-order valence-electron chi connectivity index (χ1n) is 9.76. The monoisotopic (exact) mass is 363 g/mol. The zero-order valence-electron chi connectivity index (χ0n) is 16.0. The van der Waals surface area contributed by atoms with E-state index in [-0.39, 0.29) is 0 Å². The molecule has 0 unspecified atom stereocenters. The van der Waals surface area contributed by atoms with E-state index in [9.17, 15) is 0 Å². The molecule has 1 aromatic heterocycles. The third kappa shape index (κ3) is 1.85. The molecule has 28 heavy (non-hydrogen) atoms. The van der Waals surface area contributed by atoms with Crippen molar-refractivity contribution in [3.8, 4) is 22.8 Å². The van der Waals surface area contributed by atoms with Gasteiger partial charge in [0.15, 0.2) is 11.9 Å². The summed E-state index contributed by atoms with van der Waals surface area (Å²) in [6.07, 6.45) is 5.41. The van der Waals surface area contributed by atoms with Gasteiger partial charge in [-0.25, -0.2) is 9.41 Å². The molecule has 0 N–H and O–H groups in total. The van der Waals surface area contributed by atoms with Gasteiger partial charge in [-0.05, 0) is 65.6 Å². The van der Waals surface area contributed by atoms with Crippen LogP contribution in [0.3, 0.4) is 0 Å². The van der Waals surface area contributed by atoms with Gasteiger partial charge in [0.2, 0.25) is 5.69 Å². The van der Waals surface area contributed by atoms with Crippen LogP contribution < -0.4 is 9.30 Å². The number of pyridine rings is 1. The molecule has 1 aliphatic heterocycles. The Bertz CT molecular complexity index is 1390. The van der Waals surface area contributed by atoms with Gasteiger partial charge in [0.05, 0.1) is 17.5 Å². The molecule has 0 fully saturated rings. The predicted octanol–water partition coefficient (Wildman–Crippen LogP) is 5.94. The summed E-state index contributed by atoms with van der Waals surface area (Å²) >= 11 is 0. The van der Waals surface area contributed by atoms with Crippen LogP contribution in [0.15, 0.2) is 42.6 Å². The molecule has 0 atom stereocenters. The molecule has 6 rings (SSSR count). The van der Waals surface area contributed by atoms with Crippen molar-refractivity contribution in [2.24, 2.45) is 7.05 Å². The van der Waals surface area contributed by atoms with E-state index in [0.717, 1.165) is 41.5 Å². The third-order valence-electron chi connectivity index (χ3n) is 6.37. The largest absolute Gasteiger partial charge is 0.457 e. The second-order valence-electron chi connectivity index (χ2n) is 7.90. The quantitative estimate of drug-likeness (QED) is 0.246. The Hall–Kier alpha value is -3.38. The highest BCUT2D eigenvalue weighted by molar-refractivity contribution is 6.08. The molecule has 0 radical (unpaired) electrons. The van der Waals surface area contributed by atoms with Crippen LogP contribution >= 0.6 is 0 Å². The number of aromatic nitrogens is 1. The maximum atomic E-state index is 7.47. The van der Waals surface area contributed by atoms with Crippen LogP contribution in [0.25, 0.3) is 37.6 Å². The highest BCUT2D eigenvalue weighted by Crippen LogP contribution is 2.52. The smallest absolute Gasteiger partial charge is 0.227 e. The van der Waals surface area contributed by atoms with Crippen LogP contribution in [0.1, 0.15) is 23.1 Å². The Morgan fingerprint density at radius 1 is 1.11 bits per heavy atom. The van der Waals surface area contributed by atoms with Gasteiger partial charge in [0.1, 0.15) is 18.5 Å². The second kappa shape index (κ2) is 5.33. The number of aryl methyl sites for hydroxylation is 4. The minimum absolute atomic E-state index is 0.623. The average molecular weight is 363 g/mol. The van der Waals surface area contributed by atoms with E-state index in [0.29, 0.717) is 5.69 Å². The number of hydrogen-bond donors (Lipinski definition) is 0. The van der Waals surface area contributed by atoms with Gasteiger partial charge in [-0.3, -0.25) is 0 Å². The summed E-state index contributed by atoms with van der Waals surface area (Å²) in [5.41, 5.74) is 7.05. The zero-order chi connectivity index (χ0) is 19.0. The minimum atomic E-state index is 0.623. The van der Waals surface area contributed by atoms with Crippen LogP contribution in [0, 0.1) is 13.5 Å².